The fourth-order valence-corrected chi connectivity index (χ4v) is 1.58. The lowest BCUT2D eigenvalue weighted by atomic mass is 10.0. The van der Waals surface area contributed by atoms with Gasteiger partial charge in [-0.1, -0.05) is 19.4 Å². The molecule has 17 heavy (non-hydrogen) atoms. The number of hydrogen-bond acceptors (Lipinski definition) is 2. The van der Waals surface area contributed by atoms with Gasteiger partial charge in [0, 0.05) is 5.56 Å². The van der Waals surface area contributed by atoms with E-state index in [-0.39, 0.29) is 5.78 Å². The molecule has 0 N–H and O–H groups in total. The van der Waals surface area contributed by atoms with Gasteiger partial charge in [-0.3, -0.25) is 4.79 Å². The first-order valence-corrected chi connectivity index (χ1v) is 6.06. The Bertz CT molecular complexity index is 394. The first kappa shape index (κ1) is 13.5. The van der Waals surface area contributed by atoms with Crippen LogP contribution in [0.3, 0.4) is 0 Å². The van der Waals surface area contributed by atoms with E-state index in [1.54, 1.807) is 6.92 Å². The van der Waals surface area contributed by atoms with Crippen molar-refractivity contribution in [1.29, 1.82) is 0 Å². The van der Waals surface area contributed by atoms with Gasteiger partial charge < -0.3 is 4.74 Å². The number of carbonyl (C=O) groups is 1. The number of unbranched alkanes of at least 4 members (excludes halogenated alkanes) is 1. The fraction of sp³-hybridized carbons (Fsp3) is 0.400. The van der Waals surface area contributed by atoms with E-state index < -0.39 is 0 Å². The third-order valence-electron chi connectivity index (χ3n) is 2.59. The summed E-state index contributed by atoms with van der Waals surface area (Å²) in [5.41, 5.74) is 1.76. The molecule has 2 heteroatoms. The predicted molar refractivity (Wildman–Crippen MR) is 70.8 cm³/mol. The number of allylic oxidation sites excluding steroid dienone is 1. The quantitative estimate of drug-likeness (QED) is 0.406. The maximum atomic E-state index is 11.3. The molecule has 0 atom stereocenters. The van der Waals surface area contributed by atoms with E-state index in [2.05, 4.69) is 13.5 Å². The minimum atomic E-state index is 0.0791. The van der Waals surface area contributed by atoms with Crippen LogP contribution in [0, 0.1) is 0 Å². The van der Waals surface area contributed by atoms with Crippen LogP contribution in [-0.2, 0) is 6.42 Å². The van der Waals surface area contributed by atoms with Crippen molar-refractivity contribution in [3.63, 3.8) is 0 Å². The molecular weight excluding hydrogens is 212 g/mol. The number of rotatable bonds is 7. The van der Waals surface area contributed by atoms with Crippen molar-refractivity contribution < 1.29 is 9.53 Å². The summed E-state index contributed by atoms with van der Waals surface area (Å²) in [6, 6.07) is 5.59. The fourth-order valence-electron chi connectivity index (χ4n) is 1.58. The summed E-state index contributed by atoms with van der Waals surface area (Å²) in [6.45, 7) is 8.16. The molecule has 0 radical (unpaired) electrons. The first-order valence-electron chi connectivity index (χ1n) is 6.06. The molecule has 0 unspecified atom stereocenters. The molecule has 0 aliphatic rings. The molecule has 2 nitrogen and oxygen atoms in total. The highest BCUT2D eigenvalue weighted by atomic mass is 16.5. The molecule has 0 aromatic heterocycles. The second kappa shape index (κ2) is 6.89. The summed E-state index contributed by atoms with van der Waals surface area (Å²) in [7, 11) is 0. The van der Waals surface area contributed by atoms with Gasteiger partial charge in [0.1, 0.15) is 5.75 Å². The number of Topliss-reactive ketones (excluding diaryl/α,β-unsaturated/α-hetero) is 1. The van der Waals surface area contributed by atoms with Gasteiger partial charge >= 0.3 is 0 Å². The monoisotopic (exact) mass is 232 g/mol. The van der Waals surface area contributed by atoms with Gasteiger partial charge in [-0.2, -0.15) is 0 Å². The molecule has 1 rings (SSSR count). The van der Waals surface area contributed by atoms with E-state index in [0.717, 1.165) is 42.7 Å². The van der Waals surface area contributed by atoms with Gasteiger partial charge in [0.15, 0.2) is 5.78 Å². The maximum absolute atomic E-state index is 11.3. The van der Waals surface area contributed by atoms with Gasteiger partial charge in [0.2, 0.25) is 0 Å². The van der Waals surface area contributed by atoms with Crippen molar-refractivity contribution in [2.45, 2.75) is 33.1 Å². The third kappa shape index (κ3) is 4.06. The molecule has 0 amide bonds. The zero-order chi connectivity index (χ0) is 12.7. The zero-order valence-electron chi connectivity index (χ0n) is 10.7. The Balaban J connectivity index is 2.87. The minimum absolute atomic E-state index is 0.0791. The first-order chi connectivity index (χ1) is 8.19. The summed E-state index contributed by atoms with van der Waals surface area (Å²) < 4.78 is 5.71. The van der Waals surface area contributed by atoms with Gasteiger partial charge in [-0.15, -0.1) is 6.58 Å². The van der Waals surface area contributed by atoms with Crippen LogP contribution < -0.4 is 4.74 Å². The lowest BCUT2D eigenvalue weighted by Crippen LogP contribution is -2.01. The second-order valence-electron chi connectivity index (χ2n) is 4.07. The van der Waals surface area contributed by atoms with Crippen molar-refractivity contribution in [2.24, 2.45) is 0 Å². The van der Waals surface area contributed by atoms with E-state index in [4.69, 9.17) is 4.74 Å². The van der Waals surface area contributed by atoms with Crippen LogP contribution in [0.15, 0.2) is 30.9 Å². The summed E-state index contributed by atoms with van der Waals surface area (Å²) in [4.78, 5) is 11.3. The van der Waals surface area contributed by atoms with Gasteiger partial charge in [-0.05, 0) is 43.5 Å². The number of ether oxygens (including phenoxy) is 1. The smallest absolute Gasteiger partial charge is 0.159 e. The number of carbonyl (C=O) groups excluding carboxylic acids is 1. The van der Waals surface area contributed by atoms with E-state index in [9.17, 15) is 4.79 Å². The van der Waals surface area contributed by atoms with E-state index in [1.165, 1.54) is 0 Å². The van der Waals surface area contributed by atoms with Crippen molar-refractivity contribution in [2.75, 3.05) is 6.61 Å². The molecule has 0 aliphatic carbocycles. The Kier molecular flexibility index (Phi) is 5.47. The number of benzene rings is 1. The lowest BCUT2D eigenvalue weighted by Gasteiger charge is -2.11. The standard InChI is InChI=1S/C15H20O2/c1-4-6-10-17-15-9-8-13(12(3)16)11-14(15)7-5-2/h5,8-9,11H,2,4,6-7,10H2,1,3H3. The molecule has 1 aromatic carbocycles. The van der Waals surface area contributed by atoms with Crippen molar-refractivity contribution in [1.82, 2.24) is 0 Å². The number of ketones is 1. The summed E-state index contributed by atoms with van der Waals surface area (Å²) in [5.74, 6) is 0.943. The highest BCUT2D eigenvalue weighted by Gasteiger charge is 2.06. The van der Waals surface area contributed by atoms with Gasteiger partial charge in [-0.25, -0.2) is 0 Å². The van der Waals surface area contributed by atoms with Crippen LogP contribution in [0.5, 0.6) is 5.75 Å². The molecule has 0 spiro atoms. The van der Waals surface area contributed by atoms with Crippen LogP contribution >= 0.6 is 0 Å². The van der Waals surface area contributed by atoms with E-state index in [1.807, 2.05) is 24.3 Å². The summed E-state index contributed by atoms with van der Waals surface area (Å²) in [5, 5.41) is 0. The highest BCUT2D eigenvalue weighted by Crippen LogP contribution is 2.21. The average molecular weight is 232 g/mol. The topological polar surface area (TPSA) is 26.3 Å². The van der Waals surface area contributed by atoms with Gasteiger partial charge in [0.05, 0.1) is 6.61 Å². The Labute approximate surface area is 103 Å². The van der Waals surface area contributed by atoms with Crippen molar-refractivity contribution >= 4 is 5.78 Å². The Morgan fingerprint density at radius 2 is 2.24 bits per heavy atom. The molecule has 0 saturated carbocycles. The van der Waals surface area contributed by atoms with Gasteiger partial charge in [0.25, 0.3) is 0 Å². The van der Waals surface area contributed by atoms with Crippen LogP contribution in [0.25, 0.3) is 0 Å². The minimum Gasteiger partial charge on any atom is -0.493 e. The Hall–Kier alpha value is -1.57. The highest BCUT2D eigenvalue weighted by molar-refractivity contribution is 5.94. The molecule has 0 aliphatic heterocycles. The summed E-state index contributed by atoms with van der Waals surface area (Å²) in [6.07, 6.45) is 4.71. The molecule has 1 aromatic rings. The molecule has 0 heterocycles. The second-order valence-corrected chi connectivity index (χ2v) is 4.07. The van der Waals surface area contributed by atoms with Crippen LogP contribution in [0.2, 0.25) is 0 Å². The molecule has 0 bridgehead atoms. The SMILES string of the molecule is C=CCc1cc(C(C)=O)ccc1OCCCC. The van der Waals surface area contributed by atoms with Crippen molar-refractivity contribution in [3.05, 3.63) is 42.0 Å². The maximum Gasteiger partial charge on any atom is 0.159 e. The number of hydrogen-bond donors (Lipinski definition) is 0. The average Bonchev–Trinajstić information content (AvgIpc) is 2.31. The van der Waals surface area contributed by atoms with Crippen LogP contribution in [-0.4, -0.2) is 12.4 Å². The normalized spacial score (nSPS) is 10.0. The third-order valence-corrected chi connectivity index (χ3v) is 2.59. The van der Waals surface area contributed by atoms with Crippen LogP contribution in [0.4, 0.5) is 0 Å². The van der Waals surface area contributed by atoms with Crippen molar-refractivity contribution in [3.8, 4) is 5.75 Å². The Morgan fingerprint density at radius 1 is 1.47 bits per heavy atom. The largest absolute Gasteiger partial charge is 0.493 e. The molecule has 0 fully saturated rings. The molecule has 92 valence electrons. The van der Waals surface area contributed by atoms with E-state index in [0.29, 0.717) is 0 Å². The molecular formula is C15H20O2. The van der Waals surface area contributed by atoms with E-state index >= 15 is 0 Å². The lowest BCUT2D eigenvalue weighted by molar-refractivity contribution is 0.101. The predicted octanol–water partition coefficient (Wildman–Crippen LogP) is 3.80. The Morgan fingerprint density at radius 3 is 2.82 bits per heavy atom. The zero-order valence-corrected chi connectivity index (χ0v) is 10.7. The molecule has 0 saturated heterocycles. The summed E-state index contributed by atoms with van der Waals surface area (Å²) >= 11 is 0. The van der Waals surface area contributed by atoms with Crippen LogP contribution in [0.1, 0.15) is 42.6 Å².